The molecule has 1 aliphatic heterocycles. The van der Waals surface area contributed by atoms with Gasteiger partial charge >= 0.3 is 5.97 Å². The molecule has 1 amide bonds. The van der Waals surface area contributed by atoms with Crippen LogP contribution in [-0.4, -0.2) is 41.6 Å². The smallest absolute Gasteiger partial charge is 0.305 e. The standard InChI is InChI=1S/C15H21N3O3/c19-14(20)7-8-16-15(21)12-5-6-13(17-11-12)18-9-3-1-2-4-10-18/h5-6,11H,1-4,7-10H2,(H,16,21)(H,19,20). The first-order valence-electron chi connectivity index (χ1n) is 7.38. The van der Waals surface area contributed by atoms with Gasteiger partial charge < -0.3 is 15.3 Å². The number of hydrogen-bond donors (Lipinski definition) is 2. The lowest BCUT2D eigenvalue weighted by molar-refractivity contribution is -0.136. The number of amides is 1. The minimum atomic E-state index is -0.926. The highest BCUT2D eigenvalue weighted by Gasteiger charge is 2.12. The lowest BCUT2D eigenvalue weighted by Crippen LogP contribution is -2.27. The van der Waals surface area contributed by atoms with Crippen molar-refractivity contribution in [2.24, 2.45) is 0 Å². The minimum absolute atomic E-state index is 0.0783. The van der Waals surface area contributed by atoms with E-state index in [2.05, 4.69) is 15.2 Å². The van der Waals surface area contributed by atoms with Crippen LogP contribution in [0.5, 0.6) is 0 Å². The van der Waals surface area contributed by atoms with Crippen molar-refractivity contribution in [3.63, 3.8) is 0 Å². The number of nitrogens with zero attached hydrogens (tertiary/aromatic N) is 2. The SMILES string of the molecule is O=C(O)CCNC(=O)c1ccc(N2CCCCCC2)nc1. The van der Waals surface area contributed by atoms with Gasteiger partial charge in [0.15, 0.2) is 0 Å². The highest BCUT2D eigenvalue weighted by molar-refractivity contribution is 5.94. The number of carboxylic acid groups (broad SMARTS) is 1. The van der Waals surface area contributed by atoms with Crippen LogP contribution in [0.2, 0.25) is 0 Å². The number of pyridine rings is 1. The zero-order valence-corrected chi connectivity index (χ0v) is 12.0. The summed E-state index contributed by atoms with van der Waals surface area (Å²) < 4.78 is 0. The van der Waals surface area contributed by atoms with Crippen LogP contribution >= 0.6 is 0 Å². The Bertz CT molecular complexity index is 479. The fourth-order valence-corrected chi connectivity index (χ4v) is 2.39. The molecule has 0 bridgehead atoms. The fourth-order valence-electron chi connectivity index (χ4n) is 2.39. The quantitative estimate of drug-likeness (QED) is 0.862. The van der Waals surface area contributed by atoms with E-state index in [1.165, 1.54) is 25.7 Å². The molecule has 6 nitrogen and oxygen atoms in total. The van der Waals surface area contributed by atoms with E-state index in [1.807, 2.05) is 6.07 Å². The van der Waals surface area contributed by atoms with Crippen molar-refractivity contribution in [3.05, 3.63) is 23.9 Å². The van der Waals surface area contributed by atoms with Gasteiger partial charge in [0, 0.05) is 25.8 Å². The van der Waals surface area contributed by atoms with Crippen LogP contribution in [-0.2, 0) is 4.79 Å². The predicted octanol–water partition coefficient (Wildman–Crippen LogP) is 1.67. The number of nitrogens with one attached hydrogen (secondary N) is 1. The van der Waals surface area contributed by atoms with Gasteiger partial charge in [0.2, 0.25) is 0 Å². The maximum absolute atomic E-state index is 11.8. The first-order chi connectivity index (χ1) is 10.2. The molecule has 2 heterocycles. The molecule has 21 heavy (non-hydrogen) atoms. The van der Waals surface area contributed by atoms with Crippen molar-refractivity contribution in [1.29, 1.82) is 0 Å². The molecule has 6 heteroatoms. The Morgan fingerprint density at radius 3 is 2.48 bits per heavy atom. The molecule has 1 aliphatic rings. The second-order valence-electron chi connectivity index (χ2n) is 5.21. The van der Waals surface area contributed by atoms with Crippen molar-refractivity contribution in [1.82, 2.24) is 10.3 Å². The largest absolute Gasteiger partial charge is 0.481 e. The summed E-state index contributed by atoms with van der Waals surface area (Å²) in [6, 6.07) is 3.60. The molecule has 1 aromatic rings. The Morgan fingerprint density at radius 2 is 1.90 bits per heavy atom. The van der Waals surface area contributed by atoms with E-state index in [0.717, 1.165) is 18.9 Å². The highest BCUT2D eigenvalue weighted by Crippen LogP contribution is 2.17. The summed E-state index contributed by atoms with van der Waals surface area (Å²) in [5.74, 6) is -0.310. The molecule has 114 valence electrons. The van der Waals surface area contributed by atoms with E-state index in [9.17, 15) is 9.59 Å². The zero-order chi connectivity index (χ0) is 15.1. The Morgan fingerprint density at radius 1 is 1.19 bits per heavy atom. The maximum atomic E-state index is 11.8. The van der Waals surface area contributed by atoms with Crippen molar-refractivity contribution in [2.75, 3.05) is 24.5 Å². The molecule has 0 radical (unpaired) electrons. The number of hydrogen-bond acceptors (Lipinski definition) is 4. The summed E-state index contributed by atoms with van der Waals surface area (Å²) in [5.41, 5.74) is 0.457. The third-order valence-electron chi connectivity index (χ3n) is 3.56. The first kappa shape index (κ1) is 15.3. The molecule has 1 fully saturated rings. The van der Waals surface area contributed by atoms with Crippen LogP contribution < -0.4 is 10.2 Å². The molecule has 2 rings (SSSR count). The lowest BCUT2D eigenvalue weighted by Gasteiger charge is -2.21. The van der Waals surface area contributed by atoms with Gasteiger partial charge in [0.25, 0.3) is 5.91 Å². The molecular weight excluding hydrogens is 270 g/mol. The molecular formula is C15H21N3O3. The third kappa shape index (κ3) is 4.73. The van der Waals surface area contributed by atoms with Gasteiger partial charge in [-0.25, -0.2) is 4.98 Å². The van der Waals surface area contributed by atoms with Gasteiger partial charge in [0.1, 0.15) is 5.82 Å². The van der Waals surface area contributed by atoms with Gasteiger partial charge in [-0.05, 0) is 25.0 Å². The van der Waals surface area contributed by atoms with E-state index in [4.69, 9.17) is 5.11 Å². The van der Waals surface area contributed by atoms with Gasteiger partial charge in [-0.1, -0.05) is 12.8 Å². The van der Waals surface area contributed by atoms with E-state index in [0.29, 0.717) is 5.56 Å². The Kier molecular flexibility index (Phi) is 5.54. The van der Waals surface area contributed by atoms with Crippen LogP contribution in [0.1, 0.15) is 42.5 Å². The molecule has 1 saturated heterocycles. The number of carboxylic acids is 1. The van der Waals surface area contributed by atoms with Crippen molar-refractivity contribution in [3.8, 4) is 0 Å². The highest BCUT2D eigenvalue weighted by atomic mass is 16.4. The number of rotatable bonds is 5. The number of aromatic nitrogens is 1. The summed E-state index contributed by atoms with van der Waals surface area (Å²) in [6.45, 7) is 2.15. The van der Waals surface area contributed by atoms with E-state index in [-0.39, 0.29) is 18.9 Å². The summed E-state index contributed by atoms with van der Waals surface area (Å²) in [4.78, 5) is 28.8. The molecule has 0 unspecified atom stereocenters. The van der Waals surface area contributed by atoms with Crippen LogP contribution in [0.4, 0.5) is 5.82 Å². The van der Waals surface area contributed by atoms with Gasteiger partial charge in [-0.3, -0.25) is 9.59 Å². The average molecular weight is 291 g/mol. The number of anilines is 1. The summed E-state index contributed by atoms with van der Waals surface area (Å²) in [6.07, 6.45) is 6.36. The van der Waals surface area contributed by atoms with Crippen molar-refractivity contribution in [2.45, 2.75) is 32.1 Å². The zero-order valence-electron chi connectivity index (χ0n) is 12.0. The fraction of sp³-hybridized carbons (Fsp3) is 0.533. The molecule has 0 atom stereocenters. The van der Waals surface area contributed by atoms with Crippen LogP contribution in [0.25, 0.3) is 0 Å². The molecule has 0 spiro atoms. The minimum Gasteiger partial charge on any atom is -0.481 e. The summed E-state index contributed by atoms with van der Waals surface area (Å²) >= 11 is 0. The maximum Gasteiger partial charge on any atom is 0.305 e. The number of aliphatic carboxylic acids is 1. The monoisotopic (exact) mass is 291 g/mol. The third-order valence-corrected chi connectivity index (χ3v) is 3.56. The number of carbonyl (C=O) groups is 2. The van der Waals surface area contributed by atoms with Crippen LogP contribution in [0.3, 0.4) is 0 Å². The molecule has 1 aromatic heterocycles. The van der Waals surface area contributed by atoms with Gasteiger partial charge in [-0.2, -0.15) is 0 Å². The molecule has 0 aliphatic carbocycles. The molecule has 0 aromatic carbocycles. The van der Waals surface area contributed by atoms with E-state index in [1.54, 1.807) is 12.3 Å². The van der Waals surface area contributed by atoms with Gasteiger partial charge in [-0.15, -0.1) is 0 Å². The predicted molar refractivity (Wildman–Crippen MR) is 79.5 cm³/mol. The lowest BCUT2D eigenvalue weighted by atomic mass is 10.2. The Hall–Kier alpha value is -2.11. The van der Waals surface area contributed by atoms with E-state index < -0.39 is 5.97 Å². The second-order valence-corrected chi connectivity index (χ2v) is 5.21. The summed E-state index contributed by atoms with van der Waals surface area (Å²) in [5, 5.41) is 11.1. The first-order valence-corrected chi connectivity index (χ1v) is 7.38. The molecule has 2 N–H and O–H groups in total. The van der Waals surface area contributed by atoms with Crippen molar-refractivity contribution >= 4 is 17.7 Å². The molecule has 0 saturated carbocycles. The van der Waals surface area contributed by atoms with Crippen LogP contribution in [0, 0.1) is 0 Å². The van der Waals surface area contributed by atoms with Crippen molar-refractivity contribution < 1.29 is 14.7 Å². The number of carbonyl (C=O) groups excluding carboxylic acids is 1. The van der Waals surface area contributed by atoms with Gasteiger partial charge in [0.05, 0.1) is 12.0 Å². The Balaban J connectivity index is 1.91. The summed E-state index contributed by atoms with van der Waals surface area (Å²) in [7, 11) is 0. The second kappa shape index (κ2) is 7.61. The topological polar surface area (TPSA) is 82.5 Å². The normalized spacial score (nSPS) is 15.3. The van der Waals surface area contributed by atoms with Crippen LogP contribution in [0.15, 0.2) is 18.3 Å². The van der Waals surface area contributed by atoms with E-state index >= 15 is 0 Å². The average Bonchev–Trinajstić information content (AvgIpc) is 2.76. The Labute approximate surface area is 124 Å².